The lowest BCUT2D eigenvalue weighted by molar-refractivity contribution is 0.600. The fraction of sp³-hybridized carbons (Fsp3) is 0.227. The number of hydrogen-bond acceptors (Lipinski definition) is 3. The van der Waals surface area contributed by atoms with Gasteiger partial charge in [-0.25, -0.2) is 14.4 Å². The molecule has 0 aliphatic carbocycles. The fourth-order valence-corrected chi connectivity index (χ4v) is 4.05. The monoisotopic (exact) mass is 388 g/mol. The van der Waals surface area contributed by atoms with Crippen LogP contribution < -0.4 is 0 Å². The van der Waals surface area contributed by atoms with E-state index < -0.39 is 0 Å². The lowest BCUT2D eigenvalue weighted by Gasteiger charge is -2.11. The standard InChI is InChI=1S/C22H21FN6/c1-12(2)29-13(3)27-21-19(23)6-14(7-20(21)29)18-10-25-22-17(18)5-15(8-24-22)16-9-26-28(4)11-16/h5-12H,1-4H3,(H,24,25). The second-order valence-corrected chi connectivity index (χ2v) is 7.67. The van der Waals surface area contributed by atoms with E-state index in [0.717, 1.165) is 44.6 Å². The first kappa shape index (κ1) is 17.6. The van der Waals surface area contributed by atoms with Crippen LogP contribution in [0.2, 0.25) is 0 Å². The Morgan fingerprint density at radius 3 is 2.62 bits per heavy atom. The highest BCUT2D eigenvalue weighted by atomic mass is 19.1. The van der Waals surface area contributed by atoms with Gasteiger partial charge in [0.15, 0.2) is 5.82 Å². The van der Waals surface area contributed by atoms with Crippen molar-refractivity contribution >= 4 is 22.1 Å². The van der Waals surface area contributed by atoms with Crippen LogP contribution in [0.15, 0.2) is 43.0 Å². The molecular formula is C22H21FN6. The predicted octanol–water partition coefficient (Wildman–Crippen LogP) is 5.01. The van der Waals surface area contributed by atoms with Gasteiger partial charge in [-0.1, -0.05) is 0 Å². The van der Waals surface area contributed by atoms with Crippen LogP contribution in [0.25, 0.3) is 44.3 Å². The van der Waals surface area contributed by atoms with Gasteiger partial charge in [0.05, 0.1) is 11.7 Å². The van der Waals surface area contributed by atoms with Crippen LogP contribution in [-0.2, 0) is 7.05 Å². The van der Waals surface area contributed by atoms with E-state index in [-0.39, 0.29) is 11.9 Å². The van der Waals surface area contributed by atoms with E-state index in [1.807, 2.05) is 44.8 Å². The highest BCUT2D eigenvalue weighted by Crippen LogP contribution is 2.34. The van der Waals surface area contributed by atoms with Crippen molar-refractivity contribution < 1.29 is 4.39 Å². The zero-order chi connectivity index (χ0) is 20.3. The summed E-state index contributed by atoms with van der Waals surface area (Å²) >= 11 is 0. The molecule has 0 aliphatic rings. The number of H-pyrrole nitrogens is 1. The Kier molecular flexibility index (Phi) is 3.81. The summed E-state index contributed by atoms with van der Waals surface area (Å²) < 4.78 is 18.8. The summed E-state index contributed by atoms with van der Waals surface area (Å²) in [5.74, 6) is 0.497. The summed E-state index contributed by atoms with van der Waals surface area (Å²) in [6.45, 7) is 6.07. The maximum atomic E-state index is 14.9. The summed E-state index contributed by atoms with van der Waals surface area (Å²) in [5, 5.41) is 5.18. The highest BCUT2D eigenvalue weighted by molar-refractivity contribution is 5.97. The van der Waals surface area contributed by atoms with Crippen molar-refractivity contribution in [2.24, 2.45) is 7.05 Å². The number of aryl methyl sites for hydroxylation is 2. The highest BCUT2D eigenvalue weighted by Gasteiger charge is 2.17. The van der Waals surface area contributed by atoms with E-state index in [1.165, 1.54) is 0 Å². The third-order valence-corrected chi connectivity index (χ3v) is 5.32. The van der Waals surface area contributed by atoms with Crippen LogP contribution in [0.4, 0.5) is 4.39 Å². The third-order valence-electron chi connectivity index (χ3n) is 5.32. The van der Waals surface area contributed by atoms with Gasteiger partial charge in [-0.05, 0) is 44.5 Å². The molecule has 4 aromatic heterocycles. The topological polar surface area (TPSA) is 64.3 Å². The molecule has 0 unspecified atom stereocenters. The van der Waals surface area contributed by atoms with Crippen molar-refractivity contribution in [1.29, 1.82) is 0 Å². The first-order chi connectivity index (χ1) is 13.9. The molecule has 0 saturated heterocycles. The first-order valence-corrected chi connectivity index (χ1v) is 9.57. The minimum Gasteiger partial charge on any atom is -0.346 e. The molecule has 0 bridgehead atoms. The fourth-order valence-electron chi connectivity index (χ4n) is 4.05. The number of halogens is 1. The average molecular weight is 388 g/mol. The van der Waals surface area contributed by atoms with Crippen molar-refractivity contribution in [2.75, 3.05) is 0 Å². The third kappa shape index (κ3) is 2.73. The Morgan fingerprint density at radius 2 is 1.90 bits per heavy atom. The van der Waals surface area contributed by atoms with Gasteiger partial charge in [0.1, 0.15) is 17.0 Å². The molecule has 1 aromatic carbocycles. The number of imidazole rings is 1. The number of nitrogens with one attached hydrogen (secondary N) is 1. The second-order valence-electron chi connectivity index (χ2n) is 7.67. The van der Waals surface area contributed by atoms with Crippen LogP contribution >= 0.6 is 0 Å². The van der Waals surface area contributed by atoms with E-state index in [9.17, 15) is 4.39 Å². The minimum absolute atomic E-state index is 0.191. The number of rotatable bonds is 3. The Labute approximate surface area is 167 Å². The first-order valence-electron chi connectivity index (χ1n) is 9.57. The molecule has 1 N–H and O–H groups in total. The molecule has 146 valence electrons. The molecular weight excluding hydrogens is 367 g/mol. The summed E-state index contributed by atoms with van der Waals surface area (Å²) in [5.41, 5.74) is 5.65. The molecule has 0 atom stereocenters. The predicted molar refractivity (Wildman–Crippen MR) is 112 cm³/mol. The molecule has 0 saturated carbocycles. The number of pyridine rings is 1. The molecule has 4 heterocycles. The normalized spacial score (nSPS) is 11.9. The molecule has 6 nitrogen and oxygen atoms in total. The quantitative estimate of drug-likeness (QED) is 0.473. The zero-order valence-corrected chi connectivity index (χ0v) is 16.7. The van der Waals surface area contributed by atoms with Crippen LogP contribution in [0.1, 0.15) is 25.7 Å². The number of aromatic nitrogens is 6. The molecule has 0 fully saturated rings. The SMILES string of the molecule is Cc1nc2c(F)cc(-c3c[nH]c4ncc(-c5cnn(C)c5)cc34)cc2n1C(C)C. The van der Waals surface area contributed by atoms with Gasteiger partial charge in [-0.15, -0.1) is 0 Å². The number of aromatic amines is 1. The second kappa shape index (κ2) is 6.27. The summed E-state index contributed by atoms with van der Waals surface area (Å²) in [7, 11) is 1.88. The molecule has 7 heteroatoms. The van der Waals surface area contributed by atoms with Crippen molar-refractivity contribution in [2.45, 2.75) is 26.8 Å². The smallest absolute Gasteiger partial charge is 0.151 e. The van der Waals surface area contributed by atoms with Gasteiger partial charge >= 0.3 is 0 Å². The Hall–Kier alpha value is -3.48. The number of fused-ring (bicyclic) bond motifs is 2. The summed E-state index contributed by atoms with van der Waals surface area (Å²) in [4.78, 5) is 12.2. The number of hydrogen-bond donors (Lipinski definition) is 1. The Bertz CT molecular complexity index is 1370. The number of benzene rings is 1. The molecule has 29 heavy (non-hydrogen) atoms. The van der Waals surface area contributed by atoms with Gasteiger partial charge in [0.2, 0.25) is 0 Å². The van der Waals surface area contributed by atoms with Gasteiger partial charge in [0, 0.05) is 53.8 Å². The number of nitrogens with zero attached hydrogens (tertiary/aromatic N) is 5. The minimum atomic E-state index is -0.314. The van der Waals surface area contributed by atoms with Gasteiger partial charge in [-0.3, -0.25) is 4.68 Å². The van der Waals surface area contributed by atoms with Crippen molar-refractivity contribution in [3.63, 3.8) is 0 Å². The van der Waals surface area contributed by atoms with Crippen LogP contribution in [0.5, 0.6) is 0 Å². The molecule has 0 radical (unpaired) electrons. The Morgan fingerprint density at radius 1 is 1.07 bits per heavy atom. The lowest BCUT2D eigenvalue weighted by atomic mass is 10.0. The van der Waals surface area contributed by atoms with E-state index >= 15 is 0 Å². The maximum absolute atomic E-state index is 14.9. The summed E-state index contributed by atoms with van der Waals surface area (Å²) in [6, 6.07) is 5.82. The van der Waals surface area contributed by atoms with E-state index in [2.05, 4.69) is 44.5 Å². The van der Waals surface area contributed by atoms with Gasteiger partial charge in [0.25, 0.3) is 0 Å². The maximum Gasteiger partial charge on any atom is 0.151 e. The van der Waals surface area contributed by atoms with E-state index in [1.54, 1.807) is 10.7 Å². The Balaban J connectivity index is 1.73. The molecule has 0 amide bonds. The van der Waals surface area contributed by atoms with Gasteiger partial charge in [-0.2, -0.15) is 5.10 Å². The molecule has 5 aromatic rings. The van der Waals surface area contributed by atoms with Crippen molar-refractivity contribution in [3.8, 4) is 22.3 Å². The van der Waals surface area contributed by atoms with Crippen molar-refractivity contribution in [1.82, 2.24) is 29.3 Å². The lowest BCUT2D eigenvalue weighted by Crippen LogP contribution is -2.02. The molecule has 0 spiro atoms. The molecule has 0 aliphatic heterocycles. The van der Waals surface area contributed by atoms with Crippen LogP contribution in [0, 0.1) is 12.7 Å². The largest absolute Gasteiger partial charge is 0.346 e. The zero-order valence-electron chi connectivity index (χ0n) is 16.7. The van der Waals surface area contributed by atoms with Crippen LogP contribution in [0.3, 0.4) is 0 Å². The van der Waals surface area contributed by atoms with Gasteiger partial charge < -0.3 is 9.55 Å². The summed E-state index contributed by atoms with van der Waals surface area (Å²) in [6.07, 6.45) is 7.46. The average Bonchev–Trinajstić information content (AvgIpc) is 3.37. The van der Waals surface area contributed by atoms with Crippen molar-refractivity contribution in [3.05, 3.63) is 54.6 Å². The van der Waals surface area contributed by atoms with Crippen LogP contribution in [-0.4, -0.2) is 29.3 Å². The van der Waals surface area contributed by atoms with E-state index in [4.69, 9.17) is 0 Å². The van der Waals surface area contributed by atoms with E-state index in [0.29, 0.717) is 5.52 Å². The molecule has 5 rings (SSSR count).